The van der Waals surface area contributed by atoms with Gasteiger partial charge in [-0.3, -0.25) is 4.79 Å². The molecular weight excluding hydrogens is 366 g/mol. The second kappa shape index (κ2) is 7.09. The van der Waals surface area contributed by atoms with Crippen molar-refractivity contribution < 1.29 is 17.7 Å². The molecule has 0 radical (unpaired) electrons. The van der Waals surface area contributed by atoms with Crippen molar-refractivity contribution in [3.8, 4) is 0 Å². The zero-order valence-electron chi connectivity index (χ0n) is 15.2. The van der Waals surface area contributed by atoms with Crippen LogP contribution in [-0.2, 0) is 16.6 Å². The largest absolute Gasteiger partial charge is 0.361 e. The maximum absolute atomic E-state index is 12.9. The first-order chi connectivity index (χ1) is 12.9. The minimum Gasteiger partial charge on any atom is -0.361 e. The highest BCUT2D eigenvalue weighted by atomic mass is 32.2. The summed E-state index contributed by atoms with van der Waals surface area (Å²) in [5, 5.41) is 3.78. The third-order valence-electron chi connectivity index (χ3n) is 5.42. The molecule has 1 saturated heterocycles. The standard InChI is InChI=1S/C19H23N3O4S/c1-13-8-16(21-26-13)11-20-27(24,25)18-7-3-5-15(10-18)19(23)22-12-14-4-2-6-17(22)9-14/h3,5,7-8,10,14,17,20H,2,4,6,9,11-12H2,1H3/t14-,17+/m0/s1. The number of sulfonamides is 1. The van der Waals surface area contributed by atoms with E-state index < -0.39 is 10.0 Å². The Hall–Kier alpha value is -2.19. The molecule has 1 aromatic carbocycles. The van der Waals surface area contributed by atoms with Gasteiger partial charge in [-0.15, -0.1) is 0 Å². The Bertz CT molecular complexity index is 953. The molecule has 2 aliphatic rings. The maximum atomic E-state index is 12.9. The molecule has 27 heavy (non-hydrogen) atoms. The molecule has 2 bridgehead atoms. The van der Waals surface area contributed by atoms with Crippen molar-refractivity contribution in [2.45, 2.75) is 50.1 Å². The monoisotopic (exact) mass is 389 g/mol. The Kier molecular flexibility index (Phi) is 4.77. The average molecular weight is 389 g/mol. The van der Waals surface area contributed by atoms with E-state index in [2.05, 4.69) is 9.88 Å². The number of nitrogens with zero attached hydrogens (tertiary/aromatic N) is 2. The number of likely N-dealkylation sites (tertiary alicyclic amines) is 1. The number of aryl methyl sites for hydroxylation is 1. The van der Waals surface area contributed by atoms with Crippen LogP contribution in [0.4, 0.5) is 0 Å². The average Bonchev–Trinajstić information content (AvgIpc) is 3.22. The van der Waals surface area contributed by atoms with Crippen LogP contribution >= 0.6 is 0 Å². The molecule has 2 atom stereocenters. The number of nitrogens with one attached hydrogen (secondary N) is 1. The van der Waals surface area contributed by atoms with E-state index >= 15 is 0 Å². The zero-order valence-corrected chi connectivity index (χ0v) is 16.0. The predicted molar refractivity (Wildman–Crippen MR) is 98.5 cm³/mol. The number of fused-ring (bicyclic) bond motifs is 2. The summed E-state index contributed by atoms with van der Waals surface area (Å²) in [5.74, 6) is 1.13. The molecule has 1 aliphatic heterocycles. The van der Waals surface area contributed by atoms with Gasteiger partial charge in [0.2, 0.25) is 10.0 Å². The molecule has 0 unspecified atom stereocenters. The van der Waals surface area contributed by atoms with E-state index in [1.165, 1.54) is 25.0 Å². The van der Waals surface area contributed by atoms with Crippen LogP contribution in [0, 0.1) is 12.8 Å². The van der Waals surface area contributed by atoms with Gasteiger partial charge in [-0.05, 0) is 50.3 Å². The second-order valence-electron chi connectivity index (χ2n) is 7.43. The van der Waals surface area contributed by atoms with Gasteiger partial charge in [-0.2, -0.15) is 0 Å². The molecule has 144 valence electrons. The lowest BCUT2D eigenvalue weighted by atomic mass is 9.90. The highest BCUT2D eigenvalue weighted by molar-refractivity contribution is 7.89. The third-order valence-corrected chi connectivity index (χ3v) is 6.82. The Morgan fingerprint density at radius 1 is 1.33 bits per heavy atom. The number of rotatable bonds is 5. The second-order valence-corrected chi connectivity index (χ2v) is 9.19. The molecule has 1 aromatic heterocycles. The number of benzene rings is 1. The Balaban J connectivity index is 1.50. The normalized spacial score (nSPS) is 22.2. The maximum Gasteiger partial charge on any atom is 0.254 e. The molecule has 1 N–H and O–H groups in total. The fourth-order valence-electron chi connectivity index (χ4n) is 4.10. The lowest BCUT2D eigenvalue weighted by molar-refractivity contribution is 0.0733. The SMILES string of the molecule is Cc1cc(CNS(=O)(=O)c2cccc(C(=O)N3C[C@H]4CCC[C@@H]3C4)c2)no1. The number of hydrogen-bond acceptors (Lipinski definition) is 5. The molecule has 2 fully saturated rings. The summed E-state index contributed by atoms with van der Waals surface area (Å²) in [6.45, 7) is 2.56. The summed E-state index contributed by atoms with van der Waals surface area (Å²) in [5.41, 5.74) is 0.926. The van der Waals surface area contributed by atoms with Gasteiger partial charge in [0.25, 0.3) is 5.91 Å². The molecule has 8 heteroatoms. The number of hydrogen-bond donors (Lipinski definition) is 1. The van der Waals surface area contributed by atoms with E-state index in [-0.39, 0.29) is 17.3 Å². The van der Waals surface area contributed by atoms with Crippen molar-refractivity contribution in [3.63, 3.8) is 0 Å². The van der Waals surface area contributed by atoms with Crippen LogP contribution in [0.3, 0.4) is 0 Å². The van der Waals surface area contributed by atoms with Crippen LogP contribution in [0.5, 0.6) is 0 Å². The lowest BCUT2D eigenvalue weighted by Gasteiger charge is -2.24. The Labute approximate surface area is 158 Å². The van der Waals surface area contributed by atoms with Gasteiger partial charge in [0.1, 0.15) is 5.76 Å². The van der Waals surface area contributed by atoms with Crippen molar-refractivity contribution in [1.29, 1.82) is 0 Å². The fraction of sp³-hybridized carbons (Fsp3) is 0.474. The van der Waals surface area contributed by atoms with Gasteiger partial charge in [-0.1, -0.05) is 17.6 Å². The summed E-state index contributed by atoms with van der Waals surface area (Å²) >= 11 is 0. The molecule has 7 nitrogen and oxygen atoms in total. The van der Waals surface area contributed by atoms with Crippen molar-refractivity contribution >= 4 is 15.9 Å². The van der Waals surface area contributed by atoms with Crippen LogP contribution in [0.25, 0.3) is 0 Å². The van der Waals surface area contributed by atoms with Crippen molar-refractivity contribution in [3.05, 3.63) is 47.3 Å². The first-order valence-electron chi connectivity index (χ1n) is 9.25. The number of carbonyl (C=O) groups is 1. The summed E-state index contributed by atoms with van der Waals surface area (Å²) in [6, 6.07) is 8.23. The lowest BCUT2D eigenvalue weighted by Crippen LogP contribution is -2.35. The fourth-order valence-corrected chi connectivity index (χ4v) is 5.15. The van der Waals surface area contributed by atoms with Gasteiger partial charge in [0, 0.05) is 24.2 Å². The van der Waals surface area contributed by atoms with Crippen LogP contribution < -0.4 is 4.72 Å². The molecule has 2 aromatic rings. The molecular formula is C19H23N3O4S. The number of carbonyl (C=O) groups excluding carboxylic acids is 1. The van der Waals surface area contributed by atoms with E-state index in [0.717, 1.165) is 19.4 Å². The zero-order chi connectivity index (χ0) is 19.0. The van der Waals surface area contributed by atoms with Gasteiger partial charge in [-0.25, -0.2) is 13.1 Å². The molecule has 4 rings (SSSR count). The van der Waals surface area contributed by atoms with Crippen molar-refractivity contribution in [1.82, 2.24) is 14.8 Å². The first-order valence-corrected chi connectivity index (χ1v) is 10.7. The quantitative estimate of drug-likeness (QED) is 0.848. The van der Waals surface area contributed by atoms with Gasteiger partial charge in [0.15, 0.2) is 0 Å². The van der Waals surface area contributed by atoms with Gasteiger partial charge < -0.3 is 9.42 Å². The number of aromatic nitrogens is 1. The summed E-state index contributed by atoms with van der Waals surface area (Å²) in [7, 11) is -3.75. The molecule has 1 aliphatic carbocycles. The Morgan fingerprint density at radius 3 is 2.93 bits per heavy atom. The molecule has 1 saturated carbocycles. The highest BCUT2D eigenvalue weighted by Gasteiger charge is 2.38. The van der Waals surface area contributed by atoms with Crippen molar-refractivity contribution in [2.75, 3.05) is 6.54 Å². The van der Waals surface area contributed by atoms with Gasteiger partial charge in [0.05, 0.1) is 17.1 Å². The molecule has 2 heterocycles. The van der Waals surface area contributed by atoms with Crippen molar-refractivity contribution in [2.24, 2.45) is 5.92 Å². The topological polar surface area (TPSA) is 92.5 Å². The molecule has 1 amide bonds. The summed E-state index contributed by atoms with van der Waals surface area (Å²) in [4.78, 5) is 14.9. The van der Waals surface area contributed by atoms with Crippen LogP contribution in [0.15, 0.2) is 39.8 Å². The smallest absolute Gasteiger partial charge is 0.254 e. The van der Waals surface area contributed by atoms with E-state index in [4.69, 9.17) is 4.52 Å². The number of amides is 1. The molecule has 0 spiro atoms. The van der Waals surface area contributed by atoms with E-state index in [9.17, 15) is 13.2 Å². The minimum absolute atomic E-state index is 0.0354. The minimum atomic E-state index is -3.75. The van der Waals surface area contributed by atoms with Crippen LogP contribution in [0.2, 0.25) is 0 Å². The van der Waals surface area contributed by atoms with Gasteiger partial charge >= 0.3 is 0 Å². The van der Waals surface area contributed by atoms with E-state index in [0.29, 0.717) is 29.0 Å². The van der Waals surface area contributed by atoms with E-state index in [1.54, 1.807) is 25.1 Å². The van der Waals surface area contributed by atoms with Crippen LogP contribution in [-0.4, -0.2) is 37.0 Å². The third kappa shape index (κ3) is 3.77. The predicted octanol–water partition coefficient (Wildman–Crippen LogP) is 2.48. The Morgan fingerprint density at radius 2 is 2.19 bits per heavy atom. The first kappa shape index (κ1) is 18.2. The summed E-state index contributed by atoms with van der Waals surface area (Å²) in [6.07, 6.45) is 4.46. The van der Waals surface area contributed by atoms with E-state index in [1.807, 2.05) is 4.90 Å². The van der Waals surface area contributed by atoms with Crippen LogP contribution in [0.1, 0.15) is 47.5 Å². The highest BCUT2D eigenvalue weighted by Crippen LogP contribution is 2.36. The summed E-state index contributed by atoms with van der Waals surface area (Å²) < 4.78 is 32.6.